The van der Waals surface area contributed by atoms with E-state index in [2.05, 4.69) is 0 Å². The van der Waals surface area contributed by atoms with Crippen molar-refractivity contribution in [3.63, 3.8) is 0 Å². The van der Waals surface area contributed by atoms with Gasteiger partial charge >= 0.3 is 17.9 Å². The van der Waals surface area contributed by atoms with E-state index in [1.54, 1.807) is 0 Å². The number of carbonyl (C=O) groups is 4. The van der Waals surface area contributed by atoms with Crippen molar-refractivity contribution in [1.29, 1.82) is 0 Å². The molecule has 0 rings (SSSR count). The molecule has 0 heterocycles. The largest absolute Gasteiger partial charge is 0.481 e. The minimum Gasteiger partial charge on any atom is -0.481 e. The summed E-state index contributed by atoms with van der Waals surface area (Å²) in [6.07, 6.45) is 0.317. The number of rotatable bonds is 6. The zero-order valence-corrected chi connectivity index (χ0v) is 7.91. The Kier molecular flexibility index (Phi) is 5.25. The summed E-state index contributed by atoms with van der Waals surface area (Å²) in [6, 6.07) is -1.59. The molecule has 0 aliphatic carbocycles. The van der Waals surface area contributed by atoms with E-state index in [4.69, 9.17) is 15.3 Å². The van der Waals surface area contributed by atoms with Crippen molar-refractivity contribution in [2.24, 2.45) is 0 Å². The van der Waals surface area contributed by atoms with Gasteiger partial charge in [-0.25, -0.2) is 9.59 Å². The molecule has 0 aliphatic heterocycles. The summed E-state index contributed by atoms with van der Waals surface area (Å²) in [4.78, 5) is 41.7. The van der Waals surface area contributed by atoms with Gasteiger partial charge in [0.05, 0.1) is 6.42 Å². The van der Waals surface area contributed by atoms with Crippen LogP contribution in [-0.2, 0) is 19.2 Å². The van der Waals surface area contributed by atoms with Crippen molar-refractivity contribution >= 4 is 23.8 Å². The fourth-order valence-corrected chi connectivity index (χ4v) is 0.742. The van der Waals surface area contributed by atoms with E-state index in [0.29, 0.717) is 12.2 Å². The SMILES string of the molecule is O=C(O)/C=C/C(=O)N[C@@H](CC(=O)O)C(=O)O. The van der Waals surface area contributed by atoms with E-state index in [0.717, 1.165) is 0 Å². The molecular weight excluding hydrogens is 222 g/mol. The lowest BCUT2D eigenvalue weighted by Crippen LogP contribution is -2.41. The number of carbonyl (C=O) groups excluding carboxylic acids is 1. The zero-order valence-electron chi connectivity index (χ0n) is 7.91. The minimum absolute atomic E-state index is 0.509. The van der Waals surface area contributed by atoms with Crippen LogP contribution in [0.25, 0.3) is 0 Å². The highest BCUT2D eigenvalue weighted by molar-refractivity contribution is 5.96. The third-order valence-electron chi connectivity index (χ3n) is 1.37. The molecule has 16 heavy (non-hydrogen) atoms. The Balaban J connectivity index is 4.40. The van der Waals surface area contributed by atoms with E-state index >= 15 is 0 Å². The first-order valence-electron chi connectivity index (χ1n) is 3.99. The van der Waals surface area contributed by atoms with E-state index < -0.39 is 36.3 Å². The van der Waals surface area contributed by atoms with Crippen LogP contribution in [0.1, 0.15) is 6.42 Å². The van der Waals surface area contributed by atoms with Crippen molar-refractivity contribution in [3.8, 4) is 0 Å². The second-order valence-electron chi connectivity index (χ2n) is 2.67. The van der Waals surface area contributed by atoms with E-state index in [-0.39, 0.29) is 0 Å². The lowest BCUT2D eigenvalue weighted by molar-refractivity contribution is -0.146. The van der Waals surface area contributed by atoms with Crippen LogP contribution in [0.2, 0.25) is 0 Å². The molecule has 0 saturated carbocycles. The Labute approximate surface area is 89.2 Å². The number of carboxylic acids is 3. The number of carboxylic acid groups (broad SMARTS) is 3. The summed E-state index contributed by atoms with van der Waals surface area (Å²) < 4.78 is 0. The van der Waals surface area contributed by atoms with E-state index in [1.807, 2.05) is 5.32 Å². The van der Waals surface area contributed by atoms with Gasteiger partial charge in [-0.3, -0.25) is 9.59 Å². The molecule has 1 amide bonds. The molecular formula is C8H9NO7. The Morgan fingerprint density at radius 1 is 1.06 bits per heavy atom. The van der Waals surface area contributed by atoms with Gasteiger partial charge in [-0.15, -0.1) is 0 Å². The van der Waals surface area contributed by atoms with Crippen LogP contribution in [0.4, 0.5) is 0 Å². The summed E-state index contributed by atoms with van der Waals surface area (Å²) in [7, 11) is 0. The molecule has 0 aromatic heterocycles. The van der Waals surface area contributed by atoms with Gasteiger partial charge in [-0.1, -0.05) is 0 Å². The Morgan fingerprint density at radius 3 is 2.00 bits per heavy atom. The van der Waals surface area contributed by atoms with Gasteiger partial charge in [-0.05, 0) is 0 Å². The third-order valence-corrected chi connectivity index (χ3v) is 1.37. The second kappa shape index (κ2) is 6.17. The smallest absolute Gasteiger partial charge is 0.328 e. The summed E-state index contributed by atoms with van der Waals surface area (Å²) >= 11 is 0. The van der Waals surface area contributed by atoms with Gasteiger partial charge in [0.1, 0.15) is 6.04 Å². The maximum absolute atomic E-state index is 10.9. The van der Waals surface area contributed by atoms with Crippen LogP contribution in [0, 0.1) is 0 Å². The van der Waals surface area contributed by atoms with E-state index in [9.17, 15) is 19.2 Å². The van der Waals surface area contributed by atoms with Crippen molar-refractivity contribution in [1.82, 2.24) is 5.32 Å². The van der Waals surface area contributed by atoms with Gasteiger partial charge in [-0.2, -0.15) is 0 Å². The van der Waals surface area contributed by atoms with Crippen LogP contribution in [0.15, 0.2) is 12.2 Å². The molecule has 0 unspecified atom stereocenters. The first-order valence-corrected chi connectivity index (χ1v) is 3.99. The second-order valence-corrected chi connectivity index (χ2v) is 2.67. The molecule has 1 atom stereocenters. The molecule has 8 nitrogen and oxygen atoms in total. The van der Waals surface area contributed by atoms with Crippen molar-refractivity contribution in [3.05, 3.63) is 12.2 Å². The molecule has 88 valence electrons. The average molecular weight is 231 g/mol. The van der Waals surface area contributed by atoms with Gasteiger partial charge in [0, 0.05) is 12.2 Å². The van der Waals surface area contributed by atoms with Crippen LogP contribution in [-0.4, -0.2) is 45.2 Å². The summed E-state index contributed by atoms with van der Waals surface area (Å²) in [5.41, 5.74) is 0. The fourth-order valence-electron chi connectivity index (χ4n) is 0.742. The predicted octanol–water partition coefficient (Wildman–Crippen LogP) is -1.33. The Bertz CT molecular complexity index is 346. The zero-order chi connectivity index (χ0) is 12.7. The number of hydrogen-bond acceptors (Lipinski definition) is 4. The Morgan fingerprint density at radius 2 is 1.62 bits per heavy atom. The quantitative estimate of drug-likeness (QED) is 0.415. The number of amides is 1. The normalized spacial score (nSPS) is 12.0. The maximum Gasteiger partial charge on any atom is 0.328 e. The molecule has 0 aliphatic rings. The molecule has 0 saturated heterocycles. The molecule has 8 heteroatoms. The molecule has 0 aromatic rings. The number of nitrogens with one attached hydrogen (secondary N) is 1. The monoisotopic (exact) mass is 231 g/mol. The number of hydrogen-bond donors (Lipinski definition) is 4. The van der Waals surface area contributed by atoms with Gasteiger partial charge in [0.15, 0.2) is 0 Å². The van der Waals surface area contributed by atoms with Crippen molar-refractivity contribution in [2.45, 2.75) is 12.5 Å². The third kappa shape index (κ3) is 6.13. The Hall–Kier alpha value is -2.38. The highest BCUT2D eigenvalue weighted by Crippen LogP contribution is 1.93. The highest BCUT2D eigenvalue weighted by atomic mass is 16.4. The van der Waals surface area contributed by atoms with Crippen LogP contribution < -0.4 is 5.32 Å². The standard InChI is InChI=1S/C8H9NO7/c10-5(1-2-6(11)12)9-4(8(15)16)3-7(13)14/h1-2,4H,3H2,(H,9,10)(H,11,12)(H,13,14)(H,15,16)/b2-1+/t4-/m0/s1. The fraction of sp³-hybridized carbons (Fsp3) is 0.250. The molecule has 0 fully saturated rings. The van der Waals surface area contributed by atoms with Crippen LogP contribution in [0.5, 0.6) is 0 Å². The van der Waals surface area contributed by atoms with E-state index in [1.165, 1.54) is 0 Å². The van der Waals surface area contributed by atoms with Crippen molar-refractivity contribution < 1.29 is 34.5 Å². The summed E-state index contributed by atoms with van der Waals surface area (Å²) in [6.45, 7) is 0. The first kappa shape index (κ1) is 13.6. The minimum atomic E-state index is -1.59. The van der Waals surface area contributed by atoms with Crippen LogP contribution >= 0.6 is 0 Å². The molecule has 0 aromatic carbocycles. The molecule has 0 spiro atoms. The van der Waals surface area contributed by atoms with Crippen molar-refractivity contribution in [2.75, 3.05) is 0 Å². The summed E-state index contributed by atoms with van der Waals surface area (Å²) in [5, 5.41) is 26.9. The lowest BCUT2D eigenvalue weighted by Gasteiger charge is -2.09. The molecule has 0 bridgehead atoms. The van der Waals surface area contributed by atoms with Crippen LogP contribution in [0.3, 0.4) is 0 Å². The summed E-state index contributed by atoms with van der Waals surface area (Å²) in [5.74, 6) is -5.27. The predicted molar refractivity (Wildman–Crippen MR) is 48.6 cm³/mol. The number of aliphatic carboxylic acids is 3. The maximum atomic E-state index is 10.9. The van der Waals surface area contributed by atoms with Gasteiger partial charge in [0.25, 0.3) is 0 Å². The average Bonchev–Trinajstić information content (AvgIpc) is 2.12. The molecule has 4 N–H and O–H groups in total. The topological polar surface area (TPSA) is 141 Å². The van der Waals surface area contributed by atoms with Gasteiger partial charge in [0.2, 0.25) is 5.91 Å². The van der Waals surface area contributed by atoms with Gasteiger partial charge < -0.3 is 20.6 Å². The highest BCUT2D eigenvalue weighted by Gasteiger charge is 2.21. The molecule has 0 radical (unpaired) electrons. The lowest BCUT2D eigenvalue weighted by atomic mass is 10.2. The first-order chi connectivity index (χ1) is 7.32.